The van der Waals surface area contributed by atoms with Gasteiger partial charge in [0.2, 0.25) is 11.7 Å². The number of aromatic nitrogens is 4. The summed E-state index contributed by atoms with van der Waals surface area (Å²) in [6, 6.07) is 7.08. The van der Waals surface area contributed by atoms with Gasteiger partial charge < -0.3 is 10.2 Å². The molecule has 11 nitrogen and oxygen atoms in total. The lowest BCUT2D eigenvalue weighted by molar-refractivity contribution is -0.134. The average molecular weight is 434 g/mol. The molecule has 3 N–H and O–H groups in total. The fourth-order valence-electron chi connectivity index (χ4n) is 4.23. The molecule has 2 amide bonds. The minimum atomic E-state index is -0.394. The summed E-state index contributed by atoms with van der Waals surface area (Å²) in [5.74, 6) is 0.368. The number of nitrogens with zero attached hydrogens (tertiary/aromatic N) is 6. The molecule has 1 saturated heterocycles. The van der Waals surface area contributed by atoms with E-state index in [1.807, 2.05) is 12.2 Å². The molecule has 1 aromatic carbocycles. The zero-order valence-corrected chi connectivity index (χ0v) is 17.2. The highest BCUT2D eigenvalue weighted by molar-refractivity contribution is 5.99. The van der Waals surface area contributed by atoms with Gasteiger partial charge in [0, 0.05) is 30.3 Å². The number of hydrogen-bond acceptors (Lipinski definition) is 7. The maximum absolute atomic E-state index is 12.8. The van der Waals surface area contributed by atoms with E-state index in [2.05, 4.69) is 31.9 Å². The van der Waals surface area contributed by atoms with Gasteiger partial charge in [-0.1, -0.05) is 12.2 Å². The smallest absolute Gasteiger partial charge is 0.253 e. The Kier molecular flexibility index (Phi) is 5.23. The Bertz CT molecular complexity index is 1130. The number of fused-ring (bicyclic) bond motifs is 3. The number of piperidine rings is 1. The molecule has 2 aromatic rings. The molecule has 1 fully saturated rings. The number of benzene rings is 1. The molecule has 32 heavy (non-hydrogen) atoms. The lowest BCUT2D eigenvalue weighted by Crippen LogP contribution is -2.42. The number of likely N-dealkylation sites (tertiary alicyclic amines) is 1. The molecule has 11 heteroatoms. The van der Waals surface area contributed by atoms with Gasteiger partial charge in [-0.05, 0) is 60.0 Å². The van der Waals surface area contributed by atoms with Crippen LogP contribution in [0.5, 0.6) is 0 Å². The van der Waals surface area contributed by atoms with Crippen molar-refractivity contribution in [2.45, 2.75) is 25.3 Å². The summed E-state index contributed by atoms with van der Waals surface area (Å²) < 4.78 is 1.77. The predicted molar refractivity (Wildman–Crippen MR) is 113 cm³/mol. The normalized spacial score (nSPS) is 21.4. The first-order valence-electron chi connectivity index (χ1n) is 10.5. The second kappa shape index (κ2) is 8.35. The van der Waals surface area contributed by atoms with Crippen molar-refractivity contribution in [1.82, 2.24) is 35.9 Å². The molecular formula is C21H22N8O3. The largest absolute Gasteiger partial charge is 0.339 e. The van der Waals surface area contributed by atoms with Crippen molar-refractivity contribution in [2.24, 2.45) is 10.9 Å². The lowest BCUT2D eigenvalue weighted by Gasteiger charge is -2.31. The minimum absolute atomic E-state index is 0.0385. The van der Waals surface area contributed by atoms with Gasteiger partial charge in [-0.25, -0.2) is 15.2 Å². The average Bonchev–Trinajstić information content (AvgIpc) is 3.35. The molecule has 1 aromatic heterocycles. The van der Waals surface area contributed by atoms with Gasteiger partial charge in [0.1, 0.15) is 0 Å². The summed E-state index contributed by atoms with van der Waals surface area (Å²) >= 11 is 0. The van der Waals surface area contributed by atoms with Gasteiger partial charge in [-0.15, -0.1) is 5.10 Å². The zero-order valence-electron chi connectivity index (χ0n) is 17.2. The molecular weight excluding hydrogens is 412 g/mol. The number of hydroxylamine groups is 1. The monoisotopic (exact) mass is 434 g/mol. The number of rotatable bonds is 3. The molecule has 164 valence electrons. The van der Waals surface area contributed by atoms with Crippen LogP contribution in [0.1, 0.15) is 41.5 Å². The van der Waals surface area contributed by atoms with Gasteiger partial charge in [0.15, 0.2) is 5.84 Å². The Labute approximate surface area is 183 Å². The van der Waals surface area contributed by atoms with Crippen molar-refractivity contribution >= 4 is 23.3 Å². The van der Waals surface area contributed by atoms with Crippen LogP contribution < -0.4 is 10.8 Å². The molecule has 3 aliphatic rings. The lowest BCUT2D eigenvalue weighted by atomic mass is 9.96. The van der Waals surface area contributed by atoms with E-state index < -0.39 is 5.91 Å². The quantitative estimate of drug-likeness (QED) is 0.486. The van der Waals surface area contributed by atoms with Crippen molar-refractivity contribution in [3.63, 3.8) is 0 Å². The number of amidine groups is 1. The maximum atomic E-state index is 12.8. The third-order valence-electron chi connectivity index (χ3n) is 6.01. The fraction of sp³-hybridized carbons (Fsp3) is 0.333. The second-order valence-electron chi connectivity index (χ2n) is 7.92. The van der Waals surface area contributed by atoms with E-state index in [-0.39, 0.29) is 17.9 Å². The Morgan fingerprint density at radius 2 is 1.97 bits per heavy atom. The third kappa shape index (κ3) is 3.66. The topological polar surface area (TPSA) is 138 Å². The van der Waals surface area contributed by atoms with E-state index in [1.165, 1.54) is 0 Å². The summed E-state index contributed by atoms with van der Waals surface area (Å²) in [5.41, 5.74) is 3.90. The molecule has 1 atom stereocenters. The van der Waals surface area contributed by atoms with Crippen molar-refractivity contribution < 1.29 is 14.8 Å². The number of tetrazole rings is 1. The standard InChI is InChI=1S/C21H22N8O3/c30-20(25-32)13-9-11-28(12-10-13)21(31)14-5-7-15(8-6-14)22-18-19-24-26-27-29(19)17-4-2-1-3-16(17)23-18/h1-3,5-8,13,17,32H,4,9-12H2,(H,22,23)(H,25,30). The van der Waals surface area contributed by atoms with Crippen LogP contribution in [0.3, 0.4) is 0 Å². The van der Waals surface area contributed by atoms with Crippen LogP contribution in [-0.4, -0.2) is 61.1 Å². The first kappa shape index (κ1) is 20.1. The van der Waals surface area contributed by atoms with Crippen molar-refractivity contribution in [3.05, 3.63) is 59.6 Å². The van der Waals surface area contributed by atoms with Crippen LogP contribution in [0.25, 0.3) is 0 Å². The van der Waals surface area contributed by atoms with Gasteiger partial charge >= 0.3 is 0 Å². The Morgan fingerprint density at radius 3 is 2.72 bits per heavy atom. The minimum Gasteiger partial charge on any atom is -0.339 e. The number of amides is 2. The van der Waals surface area contributed by atoms with Gasteiger partial charge in [0.25, 0.3) is 5.91 Å². The van der Waals surface area contributed by atoms with Crippen LogP contribution in [0.4, 0.5) is 5.69 Å². The van der Waals surface area contributed by atoms with Crippen molar-refractivity contribution in [3.8, 4) is 0 Å². The van der Waals surface area contributed by atoms with E-state index in [9.17, 15) is 9.59 Å². The Balaban J connectivity index is 1.30. The van der Waals surface area contributed by atoms with Crippen molar-refractivity contribution in [2.75, 3.05) is 13.1 Å². The molecule has 2 aliphatic heterocycles. The van der Waals surface area contributed by atoms with E-state index in [0.717, 1.165) is 12.1 Å². The summed E-state index contributed by atoms with van der Waals surface area (Å²) in [6.45, 7) is 0.941. The predicted octanol–water partition coefficient (Wildman–Crippen LogP) is 1.10. The maximum Gasteiger partial charge on any atom is 0.253 e. The number of carbonyl (C=O) groups excluding carboxylic acids is 2. The highest BCUT2D eigenvalue weighted by Gasteiger charge is 2.31. The van der Waals surface area contributed by atoms with E-state index in [1.54, 1.807) is 39.3 Å². The Morgan fingerprint density at radius 1 is 1.19 bits per heavy atom. The SMILES string of the molecule is O=C(NO)C1CCN(C(=O)c2ccc(N=C3NC4=CC=CCC4n4nnnc43)cc2)CC1. The number of aliphatic imine (C=N–C) groups is 1. The zero-order chi connectivity index (χ0) is 22.1. The number of carbonyl (C=O) groups is 2. The molecule has 5 rings (SSSR count). The summed E-state index contributed by atoms with van der Waals surface area (Å²) in [6.07, 6.45) is 7.91. The van der Waals surface area contributed by atoms with Crippen LogP contribution in [-0.2, 0) is 4.79 Å². The van der Waals surface area contributed by atoms with Crippen LogP contribution in [0, 0.1) is 5.92 Å². The van der Waals surface area contributed by atoms with Crippen LogP contribution >= 0.6 is 0 Å². The first-order chi connectivity index (χ1) is 15.6. The van der Waals surface area contributed by atoms with E-state index >= 15 is 0 Å². The molecule has 3 heterocycles. The molecule has 1 unspecified atom stereocenters. The van der Waals surface area contributed by atoms with Crippen molar-refractivity contribution in [1.29, 1.82) is 0 Å². The van der Waals surface area contributed by atoms with Crippen LogP contribution in [0.15, 0.2) is 53.2 Å². The van der Waals surface area contributed by atoms with E-state index in [0.29, 0.717) is 48.8 Å². The van der Waals surface area contributed by atoms with Gasteiger partial charge in [0.05, 0.1) is 11.7 Å². The third-order valence-corrected chi connectivity index (χ3v) is 6.01. The molecule has 1 aliphatic carbocycles. The summed E-state index contributed by atoms with van der Waals surface area (Å²) in [5, 5.41) is 24.1. The Hall–Kier alpha value is -3.86. The van der Waals surface area contributed by atoms with Crippen LogP contribution in [0.2, 0.25) is 0 Å². The molecule has 0 saturated carbocycles. The second-order valence-corrected chi connectivity index (χ2v) is 7.92. The highest BCUT2D eigenvalue weighted by atomic mass is 16.5. The summed E-state index contributed by atoms with van der Waals surface area (Å²) in [4.78, 5) is 30.7. The summed E-state index contributed by atoms with van der Waals surface area (Å²) in [7, 11) is 0. The fourth-order valence-corrected chi connectivity index (χ4v) is 4.23. The highest BCUT2D eigenvalue weighted by Crippen LogP contribution is 2.28. The molecule has 0 bridgehead atoms. The number of nitrogens with one attached hydrogen (secondary N) is 2. The first-order valence-corrected chi connectivity index (χ1v) is 10.5. The van der Waals surface area contributed by atoms with E-state index in [4.69, 9.17) is 5.21 Å². The molecule has 0 radical (unpaired) electrons. The van der Waals surface area contributed by atoms with Gasteiger partial charge in [-0.3, -0.25) is 14.8 Å². The molecule has 0 spiro atoms. The number of hydrogen-bond donors (Lipinski definition) is 3. The number of allylic oxidation sites excluding steroid dienone is 4. The van der Waals surface area contributed by atoms with Gasteiger partial charge in [-0.2, -0.15) is 0 Å².